The molecule has 3 aromatic rings. The standard InChI is InChI=1S/C24H20ClNO/c1-14-21-17-9-2-4-11-19(17)23(20-12-5-3-10-18(20)21)22(14)24(27)26-16-8-6-7-15(25)13-16/h2-14,21-23H,1H3,(H,26,27)/t14-,21?,22-,23?/m0/s1. The van der Waals surface area contributed by atoms with Gasteiger partial charge in [0.15, 0.2) is 0 Å². The van der Waals surface area contributed by atoms with Crippen LogP contribution < -0.4 is 5.32 Å². The van der Waals surface area contributed by atoms with E-state index in [-0.39, 0.29) is 29.6 Å². The molecule has 6 rings (SSSR count). The zero-order valence-corrected chi connectivity index (χ0v) is 15.8. The summed E-state index contributed by atoms with van der Waals surface area (Å²) in [5.41, 5.74) is 6.10. The maximum absolute atomic E-state index is 13.3. The van der Waals surface area contributed by atoms with Crippen LogP contribution in [0.15, 0.2) is 72.8 Å². The van der Waals surface area contributed by atoms with Crippen LogP contribution in [0.3, 0.4) is 0 Å². The maximum Gasteiger partial charge on any atom is 0.228 e. The van der Waals surface area contributed by atoms with Gasteiger partial charge >= 0.3 is 0 Å². The van der Waals surface area contributed by atoms with E-state index in [1.165, 1.54) is 22.3 Å². The van der Waals surface area contributed by atoms with Crippen molar-refractivity contribution in [2.24, 2.45) is 11.8 Å². The molecule has 3 aromatic carbocycles. The number of halogens is 1. The van der Waals surface area contributed by atoms with Crippen molar-refractivity contribution in [3.05, 3.63) is 100 Å². The Kier molecular flexibility index (Phi) is 3.84. The van der Waals surface area contributed by atoms with Crippen LogP contribution in [0.2, 0.25) is 5.02 Å². The van der Waals surface area contributed by atoms with Gasteiger partial charge in [-0.25, -0.2) is 0 Å². The molecule has 3 aliphatic carbocycles. The number of nitrogens with one attached hydrogen (secondary N) is 1. The number of anilines is 1. The first kappa shape index (κ1) is 16.6. The number of rotatable bonds is 2. The summed E-state index contributed by atoms with van der Waals surface area (Å²) in [6.07, 6.45) is 0. The molecule has 0 spiro atoms. The van der Waals surface area contributed by atoms with E-state index in [0.717, 1.165) is 5.69 Å². The van der Waals surface area contributed by atoms with E-state index in [0.29, 0.717) is 5.02 Å². The molecule has 0 radical (unpaired) electrons. The first-order valence-electron chi connectivity index (χ1n) is 9.39. The van der Waals surface area contributed by atoms with Crippen LogP contribution in [0.4, 0.5) is 5.69 Å². The zero-order chi connectivity index (χ0) is 18.5. The summed E-state index contributed by atoms with van der Waals surface area (Å²) in [4.78, 5) is 13.3. The Morgan fingerprint density at radius 2 is 1.37 bits per heavy atom. The van der Waals surface area contributed by atoms with Gasteiger partial charge in [0.05, 0.1) is 5.92 Å². The monoisotopic (exact) mass is 373 g/mol. The highest BCUT2D eigenvalue weighted by Gasteiger charge is 2.50. The molecule has 0 heterocycles. The number of fused-ring (bicyclic) bond motifs is 1. The fourth-order valence-electron chi connectivity index (χ4n) is 5.14. The number of hydrogen-bond acceptors (Lipinski definition) is 1. The summed E-state index contributed by atoms with van der Waals surface area (Å²) in [7, 11) is 0. The minimum absolute atomic E-state index is 0.0729. The minimum atomic E-state index is -0.0984. The molecule has 1 amide bonds. The predicted molar refractivity (Wildman–Crippen MR) is 109 cm³/mol. The van der Waals surface area contributed by atoms with Crippen LogP contribution in [-0.2, 0) is 4.79 Å². The molecular weight excluding hydrogens is 354 g/mol. The Balaban J connectivity index is 1.60. The molecule has 1 N–H and O–H groups in total. The Bertz CT molecular complexity index is 996. The summed E-state index contributed by atoms with van der Waals surface area (Å²) >= 11 is 6.09. The van der Waals surface area contributed by atoms with Gasteiger partial charge in [-0.1, -0.05) is 73.1 Å². The maximum atomic E-state index is 13.3. The van der Waals surface area contributed by atoms with Crippen LogP contribution >= 0.6 is 11.6 Å². The molecule has 0 saturated heterocycles. The molecule has 0 aromatic heterocycles. The third-order valence-corrected chi connectivity index (χ3v) is 6.41. The first-order valence-corrected chi connectivity index (χ1v) is 9.77. The quantitative estimate of drug-likeness (QED) is 0.602. The van der Waals surface area contributed by atoms with Crippen molar-refractivity contribution < 1.29 is 4.79 Å². The van der Waals surface area contributed by atoms with Crippen molar-refractivity contribution >= 4 is 23.2 Å². The van der Waals surface area contributed by atoms with E-state index < -0.39 is 0 Å². The van der Waals surface area contributed by atoms with Gasteiger partial charge in [-0.2, -0.15) is 0 Å². The van der Waals surface area contributed by atoms with Crippen molar-refractivity contribution in [3.63, 3.8) is 0 Å². The molecule has 3 heteroatoms. The van der Waals surface area contributed by atoms with Crippen LogP contribution in [0.1, 0.15) is 41.0 Å². The van der Waals surface area contributed by atoms with Gasteiger partial charge in [0, 0.05) is 22.5 Å². The molecule has 3 aliphatic rings. The highest BCUT2D eigenvalue weighted by Crippen LogP contribution is 2.58. The Morgan fingerprint density at radius 3 is 1.93 bits per heavy atom. The molecule has 2 bridgehead atoms. The van der Waals surface area contributed by atoms with Crippen LogP contribution in [-0.4, -0.2) is 5.91 Å². The summed E-state index contributed by atoms with van der Waals surface area (Å²) in [6, 6.07) is 24.6. The van der Waals surface area contributed by atoms with E-state index in [2.05, 4.69) is 60.8 Å². The van der Waals surface area contributed by atoms with Gasteiger partial charge in [-0.15, -0.1) is 0 Å². The predicted octanol–water partition coefficient (Wildman–Crippen LogP) is 5.82. The lowest BCUT2D eigenvalue weighted by Crippen LogP contribution is -2.44. The van der Waals surface area contributed by atoms with Gasteiger partial charge in [0.2, 0.25) is 5.91 Å². The van der Waals surface area contributed by atoms with E-state index in [1.807, 2.05) is 18.2 Å². The summed E-state index contributed by atoms with van der Waals surface area (Å²) < 4.78 is 0. The van der Waals surface area contributed by atoms with Crippen molar-refractivity contribution in [3.8, 4) is 0 Å². The van der Waals surface area contributed by atoms with E-state index in [4.69, 9.17) is 11.6 Å². The molecule has 0 fully saturated rings. The average molecular weight is 374 g/mol. The number of amides is 1. The third-order valence-electron chi connectivity index (χ3n) is 6.18. The summed E-state index contributed by atoms with van der Waals surface area (Å²) in [5.74, 6) is 0.565. The number of carbonyl (C=O) groups is 1. The fourth-order valence-corrected chi connectivity index (χ4v) is 5.33. The topological polar surface area (TPSA) is 29.1 Å². The highest BCUT2D eigenvalue weighted by molar-refractivity contribution is 6.30. The highest BCUT2D eigenvalue weighted by atomic mass is 35.5. The minimum Gasteiger partial charge on any atom is -0.326 e. The lowest BCUT2D eigenvalue weighted by atomic mass is 9.54. The van der Waals surface area contributed by atoms with Gasteiger partial charge < -0.3 is 5.32 Å². The summed E-state index contributed by atoms with van der Waals surface area (Å²) in [6.45, 7) is 2.21. The van der Waals surface area contributed by atoms with Crippen LogP contribution in [0.5, 0.6) is 0 Å². The largest absolute Gasteiger partial charge is 0.326 e. The molecule has 134 valence electrons. The Morgan fingerprint density at radius 1 is 0.815 bits per heavy atom. The fraction of sp³-hybridized carbons (Fsp3) is 0.208. The Labute approximate surface area is 164 Å². The SMILES string of the molecule is C[C@H]1C2c3ccccc3C(c3ccccc32)[C@H]1C(=O)Nc1cccc(Cl)c1. The first-order chi connectivity index (χ1) is 13.1. The summed E-state index contributed by atoms with van der Waals surface area (Å²) in [5, 5.41) is 3.73. The molecule has 0 saturated carbocycles. The number of carbonyl (C=O) groups excluding carboxylic acids is 1. The third kappa shape index (κ3) is 2.51. The second-order valence-electron chi connectivity index (χ2n) is 7.60. The average Bonchev–Trinajstić information content (AvgIpc) is 2.68. The second kappa shape index (κ2) is 6.24. The molecule has 27 heavy (non-hydrogen) atoms. The van der Waals surface area contributed by atoms with Crippen LogP contribution in [0, 0.1) is 11.8 Å². The van der Waals surface area contributed by atoms with Gasteiger partial charge in [0.1, 0.15) is 0 Å². The molecule has 0 aliphatic heterocycles. The van der Waals surface area contributed by atoms with Gasteiger partial charge in [-0.3, -0.25) is 4.79 Å². The van der Waals surface area contributed by atoms with Crippen LogP contribution in [0.25, 0.3) is 0 Å². The zero-order valence-electron chi connectivity index (χ0n) is 15.0. The molecular formula is C24H20ClNO. The molecule has 2 atom stereocenters. The number of hydrogen-bond donors (Lipinski definition) is 1. The van der Waals surface area contributed by atoms with Gasteiger partial charge in [0.25, 0.3) is 0 Å². The smallest absolute Gasteiger partial charge is 0.228 e. The van der Waals surface area contributed by atoms with Crippen molar-refractivity contribution in [1.29, 1.82) is 0 Å². The van der Waals surface area contributed by atoms with Crippen molar-refractivity contribution in [2.45, 2.75) is 18.8 Å². The lowest BCUT2D eigenvalue weighted by molar-refractivity contribution is -0.122. The number of benzene rings is 3. The lowest BCUT2D eigenvalue weighted by Gasteiger charge is -2.49. The Hall–Kier alpha value is -2.58. The van der Waals surface area contributed by atoms with E-state index >= 15 is 0 Å². The van der Waals surface area contributed by atoms with Gasteiger partial charge in [-0.05, 0) is 46.4 Å². The van der Waals surface area contributed by atoms with Crippen molar-refractivity contribution in [1.82, 2.24) is 0 Å². The normalized spacial score (nSPS) is 24.8. The second-order valence-corrected chi connectivity index (χ2v) is 8.03. The van der Waals surface area contributed by atoms with E-state index in [9.17, 15) is 4.79 Å². The molecule has 0 unspecified atom stereocenters. The van der Waals surface area contributed by atoms with Crippen molar-refractivity contribution in [2.75, 3.05) is 5.32 Å². The molecule has 2 nitrogen and oxygen atoms in total. The van der Waals surface area contributed by atoms with E-state index in [1.54, 1.807) is 6.07 Å².